The van der Waals surface area contributed by atoms with Gasteiger partial charge in [-0.05, 0) is 6.92 Å². The Morgan fingerprint density at radius 3 is 2.40 bits per heavy atom. The highest BCUT2D eigenvalue weighted by atomic mass is 16.4. The summed E-state index contributed by atoms with van der Waals surface area (Å²) in [6.07, 6.45) is 0.158. The van der Waals surface area contributed by atoms with Gasteiger partial charge in [0.05, 0.1) is 0 Å². The van der Waals surface area contributed by atoms with Crippen molar-refractivity contribution in [3.05, 3.63) is 0 Å². The molecule has 4 N–H and O–H groups in total. The van der Waals surface area contributed by atoms with Gasteiger partial charge in [0.25, 0.3) is 0 Å². The molecule has 0 aliphatic rings. The fourth-order valence-corrected chi connectivity index (χ4v) is 0.724. The molecule has 0 radical (unpaired) electrons. The van der Waals surface area contributed by atoms with Crippen LogP contribution in [0.2, 0.25) is 0 Å². The summed E-state index contributed by atoms with van der Waals surface area (Å²) in [5.41, 5.74) is 0. The lowest BCUT2D eigenvalue weighted by atomic mass is 10.3. The molecule has 0 aliphatic heterocycles. The van der Waals surface area contributed by atoms with Gasteiger partial charge in [-0.3, -0.25) is 9.59 Å². The van der Waals surface area contributed by atoms with Crippen molar-refractivity contribution in [3.8, 4) is 0 Å². The second-order valence-electron chi connectivity index (χ2n) is 2.88. The summed E-state index contributed by atoms with van der Waals surface area (Å²) in [5.74, 6) is -1.31. The van der Waals surface area contributed by atoms with Crippen molar-refractivity contribution in [1.29, 1.82) is 0 Å². The van der Waals surface area contributed by atoms with Crippen LogP contribution in [-0.2, 0) is 9.59 Å². The van der Waals surface area contributed by atoms with Crippen molar-refractivity contribution in [2.75, 3.05) is 13.6 Å². The number of carbonyl (C=O) groups excluding carboxylic acids is 2. The number of hydrogen-bond donors (Lipinski definition) is 4. The molecule has 0 rings (SSSR count). The smallest absolute Gasteiger partial charge is 0.325 e. The monoisotopic (exact) mass is 217 g/mol. The van der Waals surface area contributed by atoms with Crippen LogP contribution < -0.4 is 16.0 Å². The highest BCUT2D eigenvalue weighted by molar-refractivity contribution is 5.82. The van der Waals surface area contributed by atoms with E-state index in [9.17, 15) is 14.4 Å². The van der Waals surface area contributed by atoms with Crippen molar-refractivity contribution >= 4 is 17.9 Å². The van der Waals surface area contributed by atoms with Crippen molar-refractivity contribution < 1.29 is 19.5 Å². The van der Waals surface area contributed by atoms with E-state index in [0.717, 1.165) is 0 Å². The van der Waals surface area contributed by atoms with Gasteiger partial charge in [-0.1, -0.05) is 0 Å². The van der Waals surface area contributed by atoms with E-state index in [1.807, 2.05) is 0 Å². The van der Waals surface area contributed by atoms with Crippen molar-refractivity contribution in [3.63, 3.8) is 0 Å². The second kappa shape index (κ2) is 6.63. The van der Waals surface area contributed by atoms with Gasteiger partial charge in [0.2, 0.25) is 5.91 Å². The van der Waals surface area contributed by atoms with Crippen LogP contribution in [0.5, 0.6) is 0 Å². The van der Waals surface area contributed by atoms with Gasteiger partial charge in [-0.15, -0.1) is 0 Å². The maximum Gasteiger partial charge on any atom is 0.325 e. The van der Waals surface area contributed by atoms with Gasteiger partial charge in [-0.25, -0.2) is 4.79 Å². The van der Waals surface area contributed by atoms with E-state index < -0.39 is 18.0 Å². The molecule has 0 saturated heterocycles. The molecule has 1 atom stereocenters. The number of rotatable bonds is 5. The number of carbonyl (C=O) groups is 3. The maximum atomic E-state index is 11.0. The number of urea groups is 1. The zero-order chi connectivity index (χ0) is 11.8. The first-order chi connectivity index (χ1) is 6.97. The van der Waals surface area contributed by atoms with Gasteiger partial charge in [-0.2, -0.15) is 0 Å². The summed E-state index contributed by atoms with van der Waals surface area (Å²) in [4.78, 5) is 32.1. The van der Waals surface area contributed by atoms with Crippen LogP contribution in [-0.4, -0.2) is 42.6 Å². The van der Waals surface area contributed by atoms with E-state index in [1.165, 1.54) is 14.0 Å². The largest absolute Gasteiger partial charge is 0.480 e. The quantitative estimate of drug-likeness (QED) is 0.468. The summed E-state index contributed by atoms with van der Waals surface area (Å²) in [6, 6.07) is -1.56. The molecule has 0 unspecified atom stereocenters. The Hall–Kier alpha value is -1.79. The fourth-order valence-electron chi connectivity index (χ4n) is 0.724. The number of nitrogens with one attached hydrogen (secondary N) is 3. The average Bonchev–Trinajstić information content (AvgIpc) is 2.17. The Morgan fingerprint density at radius 2 is 1.93 bits per heavy atom. The molecule has 0 fully saturated rings. The third kappa shape index (κ3) is 6.30. The summed E-state index contributed by atoms with van der Waals surface area (Å²) in [7, 11) is 1.49. The minimum Gasteiger partial charge on any atom is -0.480 e. The lowest BCUT2D eigenvalue weighted by molar-refractivity contribution is -0.138. The van der Waals surface area contributed by atoms with Crippen LogP contribution in [0.1, 0.15) is 13.3 Å². The van der Waals surface area contributed by atoms with Crippen LogP contribution in [0, 0.1) is 0 Å². The number of amides is 3. The lowest BCUT2D eigenvalue weighted by Gasteiger charge is -2.10. The summed E-state index contributed by atoms with van der Waals surface area (Å²) < 4.78 is 0. The molecule has 3 amide bonds. The molecule has 86 valence electrons. The van der Waals surface area contributed by atoms with Crippen LogP contribution in [0.4, 0.5) is 4.79 Å². The maximum absolute atomic E-state index is 11.0. The number of hydrogen-bond acceptors (Lipinski definition) is 3. The molecule has 0 aliphatic carbocycles. The predicted octanol–water partition coefficient (Wildman–Crippen LogP) is -1.11. The zero-order valence-electron chi connectivity index (χ0n) is 8.66. The molecule has 0 saturated carbocycles. The molecule has 0 heterocycles. The first-order valence-electron chi connectivity index (χ1n) is 4.45. The minimum absolute atomic E-state index is 0.158. The first-order valence-corrected chi connectivity index (χ1v) is 4.45. The van der Waals surface area contributed by atoms with Gasteiger partial charge in [0.15, 0.2) is 0 Å². The standard InChI is InChI=1S/C8H15N3O4/c1-5(7(13)14)11-8(15)10-4-3-6(12)9-2/h5H,3-4H2,1-2H3,(H,9,12)(H,13,14)(H2,10,11,15)/t5-/m1/s1. The second-order valence-corrected chi connectivity index (χ2v) is 2.88. The Labute approximate surface area is 87.2 Å². The van der Waals surface area contributed by atoms with Crippen molar-refractivity contribution in [1.82, 2.24) is 16.0 Å². The van der Waals surface area contributed by atoms with E-state index in [1.54, 1.807) is 0 Å². The Balaban J connectivity index is 3.67. The third-order valence-electron chi connectivity index (χ3n) is 1.63. The van der Waals surface area contributed by atoms with Crippen LogP contribution >= 0.6 is 0 Å². The number of carboxylic acids is 1. The van der Waals surface area contributed by atoms with E-state index in [0.29, 0.717) is 0 Å². The molecule has 7 nitrogen and oxygen atoms in total. The van der Waals surface area contributed by atoms with Crippen molar-refractivity contribution in [2.24, 2.45) is 0 Å². The summed E-state index contributed by atoms with van der Waals surface area (Å²) in [6.45, 7) is 1.51. The zero-order valence-corrected chi connectivity index (χ0v) is 8.66. The third-order valence-corrected chi connectivity index (χ3v) is 1.63. The summed E-state index contributed by atoms with van der Waals surface area (Å²) >= 11 is 0. The topological polar surface area (TPSA) is 108 Å². The normalized spacial score (nSPS) is 11.3. The number of aliphatic carboxylic acids is 1. The van der Waals surface area contributed by atoms with E-state index in [2.05, 4.69) is 16.0 Å². The van der Waals surface area contributed by atoms with E-state index in [4.69, 9.17) is 5.11 Å². The Morgan fingerprint density at radius 1 is 1.33 bits per heavy atom. The molecular formula is C8H15N3O4. The van der Waals surface area contributed by atoms with Gasteiger partial charge in [0.1, 0.15) is 6.04 Å². The first kappa shape index (κ1) is 13.2. The molecule has 15 heavy (non-hydrogen) atoms. The molecule has 0 bridgehead atoms. The molecule has 0 aromatic carbocycles. The Bertz CT molecular complexity index is 254. The molecule has 0 aromatic heterocycles. The SMILES string of the molecule is CNC(=O)CCNC(=O)N[C@H](C)C(=O)O. The van der Waals surface area contributed by atoms with Gasteiger partial charge in [0, 0.05) is 20.0 Å². The Kier molecular flexibility index (Phi) is 5.84. The highest BCUT2D eigenvalue weighted by Gasteiger charge is 2.13. The minimum atomic E-state index is -1.11. The predicted molar refractivity (Wildman–Crippen MR) is 52.3 cm³/mol. The fraction of sp³-hybridized carbons (Fsp3) is 0.625. The highest BCUT2D eigenvalue weighted by Crippen LogP contribution is 1.81. The lowest BCUT2D eigenvalue weighted by Crippen LogP contribution is -2.45. The van der Waals surface area contributed by atoms with Crippen LogP contribution in [0.3, 0.4) is 0 Å². The van der Waals surface area contributed by atoms with Gasteiger partial charge < -0.3 is 21.1 Å². The van der Waals surface area contributed by atoms with Crippen molar-refractivity contribution in [2.45, 2.75) is 19.4 Å². The average molecular weight is 217 g/mol. The van der Waals surface area contributed by atoms with E-state index >= 15 is 0 Å². The van der Waals surface area contributed by atoms with Crippen LogP contribution in [0.25, 0.3) is 0 Å². The summed E-state index contributed by atoms with van der Waals surface area (Å²) in [5, 5.41) is 15.4. The number of carboxylic acid groups (broad SMARTS) is 1. The van der Waals surface area contributed by atoms with E-state index in [-0.39, 0.29) is 18.9 Å². The molecule has 0 spiro atoms. The van der Waals surface area contributed by atoms with Gasteiger partial charge >= 0.3 is 12.0 Å². The molecule has 0 aromatic rings. The molecule has 7 heteroatoms. The van der Waals surface area contributed by atoms with Crippen LogP contribution in [0.15, 0.2) is 0 Å². The molecular weight excluding hydrogens is 202 g/mol.